The molecule has 1 aliphatic rings. The predicted molar refractivity (Wildman–Crippen MR) is 115 cm³/mol. The van der Waals surface area contributed by atoms with Crippen LogP contribution in [0.1, 0.15) is 105 Å². The first-order valence-corrected chi connectivity index (χ1v) is 10.7. The molecule has 0 bridgehead atoms. The summed E-state index contributed by atoms with van der Waals surface area (Å²) in [6, 6.07) is 17.1. The Labute approximate surface area is 165 Å². The molecule has 1 nitrogen and oxygen atoms in total. The van der Waals surface area contributed by atoms with Gasteiger partial charge in [-0.15, -0.1) is 0 Å². The summed E-state index contributed by atoms with van der Waals surface area (Å²) in [6.07, 6.45) is 6.17. The maximum absolute atomic E-state index is 13.8. The fraction of sp³-hybridized carbons (Fsp3) is 0.500. The van der Waals surface area contributed by atoms with E-state index in [4.69, 9.17) is 0 Å². The van der Waals surface area contributed by atoms with Gasteiger partial charge < -0.3 is 0 Å². The highest BCUT2D eigenvalue weighted by Crippen LogP contribution is 2.39. The first-order valence-electron chi connectivity index (χ1n) is 10.7. The van der Waals surface area contributed by atoms with Crippen molar-refractivity contribution in [2.45, 2.75) is 77.6 Å². The summed E-state index contributed by atoms with van der Waals surface area (Å²) in [5.74, 6) is 1.64. The molecule has 1 aliphatic carbocycles. The Bertz CT molecular complexity index is 725. The van der Waals surface area contributed by atoms with Gasteiger partial charge in [0.15, 0.2) is 5.78 Å². The summed E-state index contributed by atoms with van der Waals surface area (Å²) >= 11 is 0. The highest BCUT2D eigenvalue weighted by molar-refractivity contribution is 6.01. The molecule has 1 heteroatoms. The Morgan fingerprint density at radius 1 is 0.778 bits per heavy atom. The molecule has 0 spiro atoms. The molecule has 2 aromatic rings. The average molecular weight is 363 g/mol. The van der Waals surface area contributed by atoms with Crippen LogP contribution < -0.4 is 0 Å². The van der Waals surface area contributed by atoms with E-state index in [0.717, 1.165) is 5.56 Å². The van der Waals surface area contributed by atoms with Crippen molar-refractivity contribution >= 4 is 5.78 Å². The van der Waals surface area contributed by atoms with E-state index < -0.39 is 0 Å². The van der Waals surface area contributed by atoms with Crippen LogP contribution in [0.3, 0.4) is 0 Å². The van der Waals surface area contributed by atoms with E-state index >= 15 is 0 Å². The number of rotatable bonds is 6. The highest BCUT2D eigenvalue weighted by Gasteiger charge is 2.32. The number of ketones is 1. The van der Waals surface area contributed by atoms with Crippen LogP contribution in [0.4, 0.5) is 0 Å². The van der Waals surface area contributed by atoms with E-state index in [2.05, 4.69) is 70.2 Å². The smallest absolute Gasteiger partial charge is 0.170 e. The molecule has 0 saturated heterocycles. The summed E-state index contributed by atoms with van der Waals surface area (Å²) in [5.41, 5.74) is 4.65. The normalized spacial score (nSPS) is 16.7. The van der Waals surface area contributed by atoms with Crippen LogP contribution in [0.25, 0.3) is 0 Å². The summed E-state index contributed by atoms with van der Waals surface area (Å²) in [4.78, 5) is 13.8. The Morgan fingerprint density at radius 3 is 1.85 bits per heavy atom. The van der Waals surface area contributed by atoms with Crippen molar-refractivity contribution in [3.05, 3.63) is 70.8 Å². The molecule has 0 aromatic heterocycles. The van der Waals surface area contributed by atoms with Crippen LogP contribution in [-0.2, 0) is 0 Å². The third kappa shape index (κ3) is 4.69. The third-order valence-corrected chi connectivity index (χ3v) is 6.16. The topological polar surface area (TPSA) is 17.1 Å². The molecule has 1 atom stereocenters. The summed E-state index contributed by atoms with van der Waals surface area (Å²) in [7, 11) is 0. The van der Waals surface area contributed by atoms with Gasteiger partial charge in [0.25, 0.3) is 0 Å². The van der Waals surface area contributed by atoms with E-state index in [9.17, 15) is 4.79 Å². The van der Waals surface area contributed by atoms with Gasteiger partial charge in [-0.05, 0) is 59.4 Å². The molecule has 0 N–H and O–H groups in total. The number of Topliss-reactive ketones (excluding diaryl/α,β-unsaturated/α-hetero) is 1. The zero-order valence-electron chi connectivity index (χ0n) is 17.4. The van der Waals surface area contributed by atoms with E-state index in [1.807, 2.05) is 6.07 Å². The second kappa shape index (κ2) is 8.87. The molecular weight excluding hydrogens is 328 g/mol. The van der Waals surface area contributed by atoms with E-state index in [1.54, 1.807) is 0 Å². The lowest BCUT2D eigenvalue weighted by molar-refractivity contribution is 0.0912. The standard InChI is InChI=1S/C26H34O/c1-18(2)22-15-23(19(3)4)17-24(16-22)26(27)25(20-11-7-5-8-12-20)21-13-9-6-10-14-21/h5,7-8,11-12,15-19,21,25H,6,9-10,13-14H2,1-4H3. The predicted octanol–water partition coefficient (Wildman–Crippen LogP) is 7.48. The molecule has 144 valence electrons. The molecule has 27 heavy (non-hydrogen) atoms. The Hall–Kier alpha value is -1.89. The van der Waals surface area contributed by atoms with Crippen LogP contribution in [0.15, 0.2) is 48.5 Å². The van der Waals surface area contributed by atoms with Gasteiger partial charge in [0.2, 0.25) is 0 Å². The Morgan fingerprint density at radius 2 is 1.33 bits per heavy atom. The number of hydrogen-bond acceptors (Lipinski definition) is 1. The number of carbonyl (C=O) groups is 1. The van der Waals surface area contributed by atoms with Crippen LogP contribution in [0, 0.1) is 5.92 Å². The average Bonchev–Trinajstić information content (AvgIpc) is 2.69. The van der Waals surface area contributed by atoms with Gasteiger partial charge >= 0.3 is 0 Å². The lowest BCUT2D eigenvalue weighted by atomic mass is 9.73. The van der Waals surface area contributed by atoms with Gasteiger partial charge in [-0.1, -0.05) is 83.4 Å². The molecule has 2 aromatic carbocycles. The molecule has 0 radical (unpaired) electrons. The minimum atomic E-state index is -0.00563. The van der Waals surface area contributed by atoms with E-state index in [-0.39, 0.29) is 5.92 Å². The van der Waals surface area contributed by atoms with Crippen molar-refractivity contribution in [1.82, 2.24) is 0 Å². The van der Waals surface area contributed by atoms with Crippen molar-refractivity contribution in [2.75, 3.05) is 0 Å². The number of benzene rings is 2. The lowest BCUT2D eigenvalue weighted by Gasteiger charge is -2.30. The first kappa shape index (κ1) is 19.9. The first-order chi connectivity index (χ1) is 13.0. The van der Waals surface area contributed by atoms with Gasteiger partial charge in [0.1, 0.15) is 0 Å². The van der Waals surface area contributed by atoms with Crippen molar-refractivity contribution in [3.8, 4) is 0 Å². The van der Waals surface area contributed by atoms with E-state index in [0.29, 0.717) is 23.5 Å². The van der Waals surface area contributed by atoms with Gasteiger partial charge in [-0.2, -0.15) is 0 Å². The Kier molecular flexibility index (Phi) is 6.52. The van der Waals surface area contributed by atoms with Gasteiger partial charge in [0, 0.05) is 5.56 Å². The van der Waals surface area contributed by atoms with E-state index in [1.165, 1.54) is 48.8 Å². The second-order valence-corrected chi connectivity index (χ2v) is 8.85. The van der Waals surface area contributed by atoms with Crippen LogP contribution in [-0.4, -0.2) is 5.78 Å². The Balaban J connectivity index is 2.03. The highest BCUT2D eigenvalue weighted by atomic mass is 16.1. The second-order valence-electron chi connectivity index (χ2n) is 8.85. The quantitative estimate of drug-likeness (QED) is 0.487. The summed E-state index contributed by atoms with van der Waals surface area (Å²) in [6.45, 7) is 8.85. The monoisotopic (exact) mass is 362 g/mol. The largest absolute Gasteiger partial charge is 0.293 e. The van der Waals surface area contributed by atoms with Gasteiger partial charge in [0.05, 0.1) is 5.92 Å². The molecule has 1 fully saturated rings. The molecule has 1 saturated carbocycles. The minimum absolute atomic E-state index is 0.00563. The number of carbonyl (C=O) groups excluding carboxylic acids is 1. The van der Waals surface area contributed by atoms with Crippen molar-refractivity contribution in [1.29, 1.82) is 0 Å². The van der Waals surface area contributed by atoms with Crippen molar-refractivity contribution in [2.24, 2.45) is 5.92 Å². The van der Waals surface area contributed by atoms with Crippen LogP contribution in [0.5, 0.6) is 0 Å². The SMILES string of the molecule is CC(C)c1cc(C(=O)C(c2ccccc2)C2CCCCC2)cc(C(C)C)c1. The molecule has 0 aliphatic heterocycles. The minimum Gasteiger partial charge on any atom is -0.293 e. The van der Waals surface area contributed by atoms with Gasteiger partial charge in [-0.25, -0.2) is 0 Å². The van der Waals surface area contributed by atoms with Crippen LogP contribution >= 0.6 is 0 Å². The maximum atomic E-state index is 13.8. The maximum Gasteiger partial charge on any atom is 0.170 e. The van der Waals surface area contributed by atoms with Crippen molar-refractivity contribution in [3.63, 3.8) is 0 Å². The fourth-order valence-corrected chi connectivity index (χ4v) is 4.43. The lowest BCUT2D eigenvalue weighted by Crippen LogP contribution is -2.24. The fourth-order valence-electron chi connectivity index (χ4n) is 4.43. The molecular formula is C26H34O. The zero-order chi connectivity index (χ0) is 19.4. The summed E-state index contributed by atoms with van der Waals surface area (Å²) < 4.78 is 0. The third-order valence-electron chi connectivity index (χ3n) is 6.16. The molecule has 0 heterocycles. The van der Waals surface area contributed by atoms with Crippen molar-refractivity contribution < 1.29 is 4.79 Å². The summed E-state index contributed by atoms with van der Waals surface area (Å²) in [5, 5.41) is 0. The molecule has 1 unspecified atom stereocenters. The molecule has 0 amide bonds. The zero-order valence-corrected chi connectivity index (χ0v) is 17.4. The van der Waals surface area contributed by atoms with Crippen LogP contribution in [0.2, 0.25) is 0 Å². The van der Waals surface area contributed by atoms with Gasteiger partial charge in [-0.3, -0.25) is 4.79 Å². The molecule has 3 rings (SSSR count). The number of hydrogen-bond donors (Lipinski definition) is 0.